The molecular weight excluding hydrogens is 428 g/mol. The fourth-order valence-electron chi connectivity index (χ4n) is 5.09. The molecule has 1 N–H and O–H groups in total. The first-order chi connectivity index (χ1) is 15.6. The second kappa shape index (κ2) is 8.10. The standard InChI is InChI=1S/C25H25ClN2O4/c1-30-20-11-15-10-18(27-22(15)24(32-3)23(20)31-2)25(29)28-13-16(12-26)21-17-7-5-4-6-14(17)8-9-19(21)28/h4-7,9-11,16,21,27H,8,12-13H2,1-3H3/t16-,21?/m1/s1. The van der Waals surface area contributed by atoms with Crippen LogP contribution in [0.3, 0.4) is 0 Å². The molecule has 32 heavy (non-hydrogen) atoms. The van der Waals surface area contributed by atoms with Crippen LogP contribution in [-0.4, -0.2) is 49.5 Å². The number of benzene rings is 2. The number of nitrogens with one attached hydrogen (secondary N) is 1. The lowest BCUT2D eigenvalue weighted by atomic mass is 9.81. The number of methoxy groups -OCH3 is 3. The molecule has 0 saturated carbocycles. The van der Waals surface area contributed by atoms with Gasteiger partial charge in [-0.1, -0.05) is 30.3 Å². The van der Waals surface area contributed by atoms with Crippen LogP contribution in [0.4, 0.5) is 0 Å². The van der Waals surface area contributed by atoms with Gasteiger partial charge in [-0.25, -0.2) is 0 Å². The number of likely N-dealkylation sites (tertiary alicyclic amines) is 1. The Morgan fingerprint density at radius 1 is 1.12 bits per heavy atom. The Morgan fingerprint density at radius 3 is 2.62 bits per heavy atom. The molecule has 5 rings (SSSR count). The summed E-state index contributed by atoms with van der Waals surface area (Å²) >= 11 is 6.36. The van der Waals surface area contributed by atoms with Crippen molar-refractivity contribution in [3.8, 4) is 17.2 Å². The summed E-state index contributed by atoms with van der Waals surface area (Å²) in [5.41, 5.74) is 4.81. The third kappa shape index (κ3) is 3.05. The lowest BCUT2D eigenvalue weighted by Crippen LogP contribution is -2.28. The van der Waals surface area contributed by atoms with Gasteiger partial charge in [-0.05, 0) is 29.7 Å². The Morgan fingerprint density at radius 2 is 1.91 bits per heavy atom. The molecule has 1 amide bonds. The van der Waals surface area contributed by atoms with Crippen LogP contribution in [0.25, 0.3) is 10.9 Å². The van der Waals surface area contributed by atoms with Crippen LogP contribution in [0.2, 0.25) is 0 Å². The molecule has 0 bridgehead atoms. The van der Waals surface area contributed by atoms with E-state index in [0.717, 1.165) is 17.5 Å². The number of hydrogen-bond donors (Lipinski definition) is 1. The highest BCUT2D eigenvalue weighted by Gasteiger charge is 2.42. The van der Waals surface area contributed by atoms with Gasteiger partial charge in [-0.3, -0.25) is 4.79 Å². The highest BCUT2D eigenvalue weighted by atomic mass is 35.5. The van der Waals surface area contributed by atoms with Gasteiger partial charge in [0, 0.05) is 35.3 Å². The van der Waals surface area contributed by atoms with Crippen molar-refractivity contribution in [1.29, 1.82) is 0 Å². The maximum absolute atomic E-state index is 13.7. The van der Waals surface area contributed by atoms with Crippen LogP contribution in [0.5, 0.6) is 17.2 Å². The van der Waals surface area contributed by atoms with Crippen molar-refractivity contribution in [2.24, 2.45) is 5.92 Å². The van der Waals surface area contributed by atoms with Gasteiger partial charge < -0.3 is 24.1 Å². The first kappa shape index (κ1) is 20.8. The van der Waals surface area contributed by atoms with Gasteiger partial charge in [-0.2, -0.15) is 0 Å². The Balaban J connectivity index is 1.55. The van der Waals surface area contributed by atoms with Crippen LogP contribution in [0, 0.1) is 5.92 Å². The van der Waals surface area contributed by atoms with E-state index in [9.17, 15) is 4.79 Å². The average molecular weight is 453 g/mol. The molecule has 2 aliphatic rings. The van der Waals surface area contributed by atoms with E-state index in [1.54, 1.807) is 21.3 Å². The topological polar surface area (TPSA) is 63.8 Å². The summed E-state index contributed by atoms with van der Waals surface area (Å²) in [6.07, 6.45) is 2.99. The maximum atomic E-state index is 13.7. The van der Waals surface area contributed by atoms with Crippen molar-refractivity contribution in [3.63, 3.8) is 0 Å². The van der Waals surface area contributed by atoms with Crippen molar-refractivity contribution in [2.45, 2.75) is 12.3 Å². The molecule has 1 aliphatic carbocycles. The maximum Gasteiger partial charge on any atom is 0.274 e. The summed E-state index contributed by atoms with van der Waals surface area (Å²) < 4.78 is 16.5. The van der Waals surface area contributed by atoms with E-state index in [-0.39, 0.29) is 17.7 Å². The number of alkyl halides is 1. The van der Waals surface area contributed by atoms with Crippen molar-refractivity contribution in [2.75, 3.05) is 33.8 Å². The number of fused-ring (bicyclic) bond motifs is 4. The van der Waals surface area contributed by atoms with Gasteiger partial charge in [0.1, 0.15) is 5.69 Å². The summed E-state index contributed by atoms with van der Waals surface area (Å²) in [7, 11) is 4.71. The largest absolute Gasteiger partial charge is 0.493 e. The molecule has 2 heterocycles. The molecule has 3 aromatic rings. The quantitative estimate of drug-likeness (QED) is 0.568. The van der Waals surface area contributed by atoms with Crippen LogP contribution in [-0.2, 0) is 6.42 Å². The Labute approximate surface area is 191 Å². The van der Waals surface area contributed by atoms with E-state index in [2.05, 4.69) is 35.3 Å². The van der Waals surface area contributed by atoms with Crippen LogP contribution < -0.4 is 14.2 Å². The Bertz CT molecular complexity index is 1230. The third-order valence-corrected chi connectivity index (χ3v) is 6.93. The minimum Gasteiger partial charge on any atom is -0.493 e. The van der Waals surface area contributed by atoms with E-state index in [0.29, 0.717) is 40.9 Å². The zero-order valence-electron chi connectivity index (χ0n) is 18.3. The number of aromatic nitrogens is 1. The molecule has 2 atom stereocenters. The van der Waals surface area contributed by atoms with Crippen LogP contribution in [0.15, 0.2) is 48.2 Å². The molecule has 1 aliphatic heterocycles. The zero-order chi connectivity index (χ0) is 22.4. The number of carbonyl (C=O) groups is 1. The molecule has 0 spiro atoms. The molecule has 7 heteroatoms. The lowest BCUT2D eigenvalue weighted by molar-refractivity contribution is 0.0814. The molecule has 6 nitrogen and oxygen atoms in total. The van der Waals surface area contributed by atoms with Crippen LogP contribution >= 0.6 is 11.6 Å². The van der Waals surface area contributed by atoms with Gasteiger partial charge in [-0.15, -0.1) is 11.6 Å². The molecule has 1 saturated heterocycles. The van der Waals surface area contributed by atoms with Crippen molar-refractivity contribution < 1.29 is 19.0 Å². The predicted molar refractivity (Wildman–Crippen MR) is 124 cm³/mol. The number of rotatable bonds is 5. The first-order valence-corrected chi connectivity index (χ1v) is 11.1. The second-order valence-electron chi connectivity index (χ2n) is 8.13. The van der Waals surface area contributed by atoms with Crippen LogP contribution in [0.1, 0.15) is 27.5 Å². The SMILES string of the molecule is COc1cc2cc(C(=O)N3C[C@@H](CCl)C4C3=CCc3ccccc34)[nH]c2c(OC)c1OC. The third-order valence-electron chi connectivity index (χ3n) is 6.53. The number of H-pyrrole nitrogens is 1. The van der Waals surface area contributed by atoms with Gasteiger partial charge in [0.05, 0.1) is 26.8 Å². The van der Waals surface area contributed by atoms with E-state index in [1.807, 2.05) is 17.0 Å². The smallest absolute Gasteiger partial charge is 0.274 e. The number of aromatic amines is 1. The lowest BCUT2D eigenvalue weighted by Gasteiger charge is -2.26. The number of halogens is 1. The normalized spacial score (nSPS) is 19.4. The van der Waals surface area contributed by atoms with E-state index >= 15 is 0 Å². The molecule has 1 unspecified atom stereocenters. The number of ether oxygens (including phenoxy) is 3. The summed E-state index contributed by atoms with van der Waals surface area (Å²) in [4.78, 5) is 18.8. The molecule has 0 radical (unpaired) electrons. The van der Waals surface area contributed by atoms with E-state index < -0.39 is 0 Å². The fraction of sp³-hybridized carbons (Fsp3) is 0.320. The minimum absolute atomic E-state index is 0.0792. The molecule has 2 aromatic carbocycles. The zero-order valence-corrected chi connectivity index (χ0v) is 19.0. The van der Waals surface area contributed by atoms with Crippen molar-refractivity contribution >= 4 is 28.4 Å². The number of allylic oxidation sites excluding steroid dienone is 2. The number of amides is 1. The van der Waals surface area contributed by atoms with Gasteiger partial charge in [0.25, 0.3) is 5.91 Å². The Hall–Kier alpha value is -3.12. The van der Waals surface area contributed by atoms with Crippen molar-refractivity contribution in [1.82, 2.24) is 9.88 Å². The van der Waals surface area contributed by atoms with Gasteiger partial charge >= 0.3 is 0 Å². The highest BCUT2D eigenvalue weighted by molar-refractivity contribution is 6.18. The predicted octanol–water partition coefficient (Wildman–Crippen LogP) is 4.73. The van der Waals surface area contributed by atoms with Gasteiger partial charge in [0.2, 0.25) is 5.75 Å². The molecule has 166 valence electrons. The van der Waals surface area contributed by atoms with Crippen molar-refractivity contribution in [3.05, 3.63) is 65.0 Å². The average Bonchev–Trinajstić information content (AvgIpc) is 3.43. The Kier molecular flexibility index (Phi) is 5.25. The molecular formula is C25H25ClN2O4. The number of hydrogen-bond acceptors (Lipinski definition) is 4. The summed E-state index contributed by atoms with van der Waals surface area (Å²) in [6, 6.07) is 12.1. The summed E-state index contributed by atoms with van der Waals surface area (Å²) in [5.74, 6) is 2.26. The summed E-state index contributed by atoms with van der Waals surface area (Å²) in [6.45, 7) is 0.590. The summed E-state index contributed by atoms with van der Waals surface area (Å²) in [5, 5.41) is 0.815. The fourth-order valence-corrected chi connectivity index (χ4v) is 5.36. The van der Waals surface area contributed by atoms with Gasteiger partial charge in [0.15, 0.2) is 11.5 Å². The molecule has 1 fully saturated rings. The minimum atomic E-state index is -0.0792. The number of carbonyl (C=O) groups excluding carboxylic acids is 1. The monoisotopic (exact) mass is 452 g/mol. The highest BCUT2D eigenvalue weighted by Crippen LogP contribution is 2.47. The number of nitrogens with zero attached hydrogens (tertiary/aromatic N) is 1. The second-order valence-corrected chi connectivity index (χ2v) is 8.44. The molecule has 1 aromatic heterocycles. The van der Waals surface area contributed by atoms with E-state index in [4.69, 9.17) is 25.8 Å². The van der Waals surface area contributed by atoms with E-state index in [1.165, 1.54) is 11.1 Å². The first-order valence-electron chi connectivity index (χ1n) is 10.6.